The number of carbonyl (C=O) groups is 1. The van der Waals surface area contributed by atoms with E-state index >= 15 is 0 Å². The maximum Gasteiger partial charge on any atom is 0.423 e. The molecular weight excluding hydrogens is 243 g/mol. The Morgan fingerprint density at radius 1 is 1.41 bits per heavy atom. The largest absolute Gasteiger partial charge is 0.502 e. The second kappa shape index (κ2) is 4.04. The Hall–Kier alpha value is -2.12. The smallest absolute Gasteiger partial charge is 0.423 e. The predicted molar refractivity (Wildman–Crippen MR) is 49.8 cm³/mol. The van der Waals surface area contributed by atoms with E-state index in [4.69, 9.17) is 5.11 Å². The summed E-state index contributed by atoms with van der Waals surface area (Å²) < 4.78 is 37.5. The monoisotopic (exact) mass is 249 g/mol. The summed E-state index contributed by atoms with van der Waals surface area (Å²) in [7, 11) is 0. The Labute approximate surface area is 92.6 Å². The number of rotatable bonds is 2. The molecule has 0 aliphatic rings. The quantitative estimate of drug-likeness (QED) is 0.496. The Morgan fingerprint density at radius 2 is 1.94 bits per heavy atom. The van der Waals surface area contributed by atoms with E-state index in [9.17, 15) is 28.1 Å². The summed E-state index contributed by atoms with van der Waals surface area (Å²) in [5, 5.41) is 19.6. The third kappa shape index (κ3) is 2.52. The Bertz CT molecular complexity index is 496. The van der Waals surface area contributed by atoms with Crippen LogP contribution in [0, 0.1) is 10.1 Å². The molecule has 0 bridgehead atoms. The molecule has 0 amide bonds. The van der Waals surface area contributed by atoms with Crippen LogP contribution in [0.5, 0.6) is 5.75 Å². The summed E-state index contributed by atoms with van der Waals surface area (Å²) in [6.07, 6.45) is -5.02. The first-order valence-corrected chi connectivity index (χ1v) is 4.24. The molecule has 5 nitrogen and oxygen atoms in total. The van der Waals surface area contributed by atoms with Crippen LogP contribution < -0.4 is 0 Å². The fourth-order valence-corrected chi connectivity index (χ4v) is 1.23. The molecule has 0 spiro atoms. The van der Waals surface area contributed by atoms with Gasteiger partial charge in [-0.15, -0.1) is 0 Å². The number of phenolic OH excluding ortho intramolecular Hbond substituents is 1. The standard InChI is InChI=1S/C9H6F3NO4/c1-4(14)5-2-6(9(10,11)12)8(13(16)17)7(15)3-5/h2-3,15H,1H3. The van der Waals surface area contributed by atoms with Crippen LogP contribution in [-0.4, -0.2) is 15.8 Å². The van der Waals surface area contributed by atoms with Gasteiger partial charge in [0.05, 0.1) is 4.92 Å². The molecule has 0 aliphatic carbocycles. The average molecular weight is 249 g/mol. The van der Waals surface area contributed by atoms with Gasteiger partial charge in [-0.25, -0.2) is 0 Å². The molecule has 0 fully saturated rings. The van der Waals surface area contributed by atoms with E-state index in [1.165, 1.54) is 0 Å². The minimum Gasteiger partial charge on any atom is -0.502 e. The third-order valence-corrected chi connectivity index (χ3v) is 1.98. The number of alkyl halides is 3. The number of ketones is 1. The minimum absolute atomic E-state index is 0.347. The average Bonchev–Trinajstić information content (AvgIpc) is 2.14. The molecule has 1 rings (SSSR count). The van der Waals surface area contributed by atoms with Crippen molar-refractivity contribution >= 4 is 11.5 Å². The van der Waals surface area contributed by atoms with Gasteiger partial charge >= 0.3 is 11.9 Å². The van der Waals surface area contributed by atoms with Crippen molar-refractivity contribution in [2.24, 2.45) is 0 Å². The van der Waals surface area contributed by atoms with E-state index in [0.29, 0.717) is 12.1 Å². The number of nitro benzene ring substituents is 1. The molecule has 1 N–H and O–H groups in total. The third-order valence-electron chi connectivity index (χ3n) is 1.98. The van der Waals surface area contributed by atoms with Crippen molar-refractivity contribution in [1.82, 2.24) is 0 Å². The molecule has 0 unspecified atom stereocenters. The van der Waals surface area contributed by atoms with Crippen molar-refractivity contribution in [2.45, 2.75) is 13.1 Å². The molecule has 1 aromatic rings. The molecule has 8 heteroatoms. The lowest BCUT2D eigenvalue weighted by atomic mass is 10.0. The van der Waals surface area contributed by atoms with Gasteiger partial charge in [-0.2, -0.15) is 13.2 Å². The molecule has 0 heterocycles. The molecule has 0 aliphatic heterocycles. The maximum atomic E-state index is 12.5. The number of aromatic hydroxyl groups is 1. The molecule has 92 valence electrons. The molecule has 0 aromatic heterocycles. The summed E-state index contributed by atoms with van der Waals surface area (Å²) >= 11 is 0. The van der Waals surface area contributed by atoms with Gasteiger partial charge in [0.15, 0.2) is 11.5 Å². The van der Waals surface area contributed by atoms with Crippen LogP contribution in [0.4, 0.5) is 18.9 Å². The lowest BCUT2D eigenvalue weighted by Crippen LogP contribution is -2.10. The number of carbonyl (C=O) groups excluding carboxylic acids is 1. The van der Waals surface area contributed by atoms with E-state index in [0.717, 1.165) is 6.92 Å². The number of Topliss-reactive ketones (excluding diaryl/α,β-unsaturated/α-hetero) is 1. The Kier molecular flexibility index (Phi) is 3.08. The number of halogens is 3. The van der Waals surface area contributed by atoms with Crippen LogP contribution in [0.15, 0.2) is 12.1 Å². The van der Waals surface area contributed by atoms with E-state index < -0.39 is 39.4 Å². The van der Waals surface area contributed by atoms with Gasteiger partial charge < -0.3 is 5.11 Å². The van der Waals surface area contributed by atoms with Crippen LogP contribution in [0.1, 0.15) is 22.8 Å². The number of hydrogen-bond donors (Lipinski definition) is 1. The lowest BCUT2D eigenvalue weighted by Gasteiger charge is -2.09. The second-order valence-corrected chi connectivity index (χ2v) is 3.20. The SMILES string of the molecule is CC(=O)c1cc(O)c([N+](=O)[O-])c(C(F)(F)F)c1. The van der Waals surface area contributed by atoms with Crippen LogP contribution in [0.3, 0.4) is 0 Å². The van der Waals surface area contributed by atoms with Crippen LogP contribution in [0.2, 0.25) is 0 Å². The highest BCUT2D eigenvalue weighted by atomic mass is 19.4. The van der Waals surface area contributed by atoms with Crippen molar-refractivity contribution in [3.05, 3.63) is 33.4 Å². The first-order valence-electron chi connectivity index (χ1n) is 4.24. The van der Waals surface area contributed by atoms with Crippen molar-refractivity contribution in [3.8, 4) is 5.75 Å². The van der Waals surface area contributed by atoms with Gasteiger partial charge in [-0.1, -0.05) is 0 Å². The first kappa shape index (κ1) is 12.9. The van der Waals surface area contributed by atoms with E-state index in [2.05, 4.69) is 0 Å². The molecule has 1 aromatic carbocycles. The number of benzene rings is 1. The first-order chi connectivity index (χ1) is 7.64. The Morgan fingerprint density at radius 3 is 2.29 bits per heavy atom. The zero-order valence-corrected chi connectivity index (χ0v) is 8.41. The summed E-state index contributed by atoms with van der Waals surface area (Å²) in [5.41, 5.74) is -3.55. The highest BCUT2D eigenvalue weighted by Crippen LogP contribution is 2.41. The highest BCUT2D eigenvalue weighted by molar-refractivity contribution is 5.95. The van der Waals surface area contributed by atoms with Crippen molar-refractivity contribution in [2.75, 3.05) is 0 Å². The van der Waals surface area contributed by atoms with Crippen molar-refractivity contribution in [3.63, 3.8) is 0 Å². The van der Waals surface area contributed by atoms with E-state index in [1.54, 1.807) is 0 Å². The zero-order chi connectivity index (χ0) is 13.4. The summed E-state index contributed by atoms with van der Waals surface area (Å²) in [4.78, 5) is 20.0. The predicted octanol–water partition coefficient (Wildman–Crippen LogP) is 2.52. The number of nitrogens with zero attached hydrogens (tertiary/aromatic N) is 1. The van der Waals surface area contributed by atoms with E-state index in [1.807, 2.05) is 0 Å². The maximum absolute atomic E-state index is 12.5. The molecular formula is C9H6F3NO4. The topological polar surface area (TPSA) is 80.4 Å². The van der Waals surface area contributed by atoms with Crippen molar-refractivity contribution < 1.29 is 28.0 Å². The van der Waals surface area contributed by atoms with Crippen LogP contribution in [0.25, 0.3) is 0 Å². The summed E-state index contributed by atoms with van der Waals surface area (Å²) in [5.74, 6) is -1.92. The Balaban J connectivity index is 3.62. The molecule has 0 saturated carbocycles. The highest BCUT2D eigenvalue weighted by Gasteiger charge is 2.40. The van der Waals surface area contributed by atoms with Gasteiger partial charge in [0, 0.05) is 5.56 Å². The summed E-state index contributed by atoms with van der Waals surface area (Å²) in [6, 6.07) is 0.982. The van der Waals surface area contributed by atoms with Gasteiger partial charge in [-0.3, -0.25) is 14.9 Å². The normalized spacial score (nSPS) is 11.3. The molecule has 0 atom stereocenters. The summed E-state index contributed by atoms with van der Waals surface area (Å²) in [6.45, 7) is 0.987. The fraction of sp³-hybridized carbons (Fsp3) is 0.222. The van der Waals surface area contributed by atoms with Gasteiger partial charge in [0.1, 0.15) is 5.56 Å². The van der Waals surface area contributed by atoms with Gasteiger partial charge in [0.25, 0.3) is 0 Å². The van der Waals surface area contributed by atoms with Gasteiger partial charge in [0.2, 0.25) is 0 Å². The molecule has 0 saturated heterocycles. The minimum atomic E-state index is -5.02. The number of phenols is 1. The zero-order valence-electron chi connectivity index (χ0n) is 8.41. The van der Waals surface area contributed by atoms with Crippen LogP contribution >= 0.6 is 0 Å². The molecule has 0 radical (unpaired) electrons. The van der Waals surface area contributed by atoms with Crippen molar-refractivity contribution in [1.29, 1.82) is 0 Å². The lowest BCUT2D eigenvalue weighted by molar-refractivity contribution is -0.389. The van der Waals surface area contributed by atoms with Crippen LogP contribution in [-0.2, 0) is 6.18 Å². The second-order valence-electron chi connectivity index (χ2n) is 3.20. The number of hydrogen-bond acceptors (Lipinski definition) is 4. The van der Waals surface area contributed by atoms with E-state index in [-0.39, 0.29) is 0 Å². The van der Waals surface area contributed by atoms with Gasteiger partial charge in [-0.05, 0) is 19.1 Å². The molecule has 17 heavy (non-hydrogen) atoms. The number of nitro groups is 1. The fourth-order valence-electron chi connectivity index (χ4n) is 1.23.